The molecule has 0 amide bonds. The number of hydrogen-bond donors (Lipinski definition) is 1. The molecule has 0 saturated carbocycles. The highest BCUT2D eigenvalue weighted by atomic mass is 16.5. The van der Waals surface area contributed by atoms with Crippen LogP contribution in [0.25, 0.3) is 0 Å². The lowest BCUT2D eigenvalue weighted by Crippen LogP contribution is -2.40. The largest absolute Gasteiger partial charge is 0.466 e. The van der Waals surface area contributed by atoms with Crippen molar-refractivity contribution in [3.05, 3.63) is 35.9 Å². The molecule has 0 aromatic heterocycles. The SMILES string of the molecule is CCCC(C(=O)OCC)C(O)(CCC)c1ccccc1. The summed E-state index contributed by atoms with van der Waals surface area (Å²) in [5, 5.41) is 11.2. The van der Waals surface area contributed by atoms with Gasteiger partial charge in [-0.25, -0.2) is 0 Å². The van der Waals surface area contributed by atoms with Crippen LogP contribution in [-0.2, 0) is 15.1 Å². The number of rotatable bonds is 8. The molecule has 0 aliphatic rings. The highest BCUT2D eigenvalue weighted by Gasteiger charge is 2.42. The highest BCUT2D eigenvalue weighted by Crippen LogP contribution is 2.37. The van der Waals surface area contributed by atoms with Gasteiger partial charge >= 0.3 is 5.97 Å². The lowest BCUT2D eigenvalue weighted by atomic mass is 9.76. The molecule has 1 aromatic carbocycles. The third kappa shape index (κ3) is 3.83. The predicted molar refractivity (Wildman–Crippen MR) is 80.3 cm³/mol. The molecule has 0 saturated heterocycles. The van der Waals surface area contributed by atoms with E-state index in [9.17, 15) is 9.90 Å². The molecule has 0 heterocycles. The van der Waals surface area contributed by atoms with Gasteiger partial charge in [-0.15, -0.1) is 0 Å². The third-order valence-electron chi connectivity index (χ3n) is 3.63. The van der Waals surface area contributed by atoms with Crippen LogP contribution in [0.2, 0.25) is 0 Å². The highest BCUT2D eigenvalue weighted by molar-refractivity contribution is 5.74. The van der Waals surface area contributed by atoms with E-state index >= 15 is 0 Å². The van der Waals surface area contributed by atoms with Crippen LogP contribution in [0, 0.1) is 5.92 Å². The van der Waals surface area contributed by atoms with Gasteiger partial charge in [0.15, 0.2) is 0 Å². The van der Waals surface area contributed by atoms with E-state index in [1.807, 2.05) is 44.2 Å². The van der Waals surface area contributed by atoms with Crippen LogP contribution < -0.4 is 0 Å². The normalized spacial score (nSPS) is 15.4. The molecule has 0 radical (unpaired) electrons. The second-order valence-corrected chi connectivity index (χ2v) is 5.13. The van der Waals surface area contributed by atoms with E-state index in [0.29, 0.717) is 19.4 Å². The Labute approximate surface area is 122 Å². The van der Waals surface area contributed by atoms with Crippen molar-refractivity contribution >= 4 is 5.97 Å². The third-order valence-corrected chi connectivity index (χ3v) is 3.63. The topological polar surface area (TPSA) is 46.5 Å². The summed E-state index contributed by atoms with van der Waals surface area (Å²) < 4.78 is 5.17. The Balaban J connectivity index is 3.15. The van der Waals surface area contributed by atoms with E-state index in [1.165, 1.54) is 0 Å². The molecule has 20 heavy (non-hydrogen) atoms. The molecule has 0 bridgehead atoms. The predicted octanol–water partition coefficient (Wildman–Crippen LogP) is 3.65. The number of carbonyl (C=O) groups excluding carboxylic acids is 1. The van der Waals surface area contributed by atoms with E-state index in [-0.39, 0.29) is 5.97 Å². The minimum Gasteiger partial charge on any atom is -0.466 e. The molecule has 1 rings (SSSR count). The van der Waals surface area contributed by atoms with E-state index < -0.39 is 11.5 Å². The molecule has 1 aromatic rings. The first kappa shape index (κ1) is 16.7. The molecule has 3 heteroatoms. The molecule has 1 N–H and O–H groups in total. The molecule has 0 aliphatic carbocycles. The van der Waals surface area contributed by atoms with Gasteiger partial charge in [0.05, 0.1) is 12.5 Å². The summed E-state index contributed by atoms with van der Waals surface area (Å²) in [7, 11) is 0. The van der Waals surface area contributed by atoms with E-state index in [0.717, 1.165) is 18.4 Å². The lowest BCUT2D eigenvalue weighted by molar-refractivity contribution is -0.161. The van der Waals surface area contributed by atoms with Gasteiger partial charge in [0.25, 0.3) is 0 Å². The van der Waals surface area contributed by atoms with Gasteiger partial charge in [0, 0.05) is 0 Å². The average molecular weight is 278 g/mol. The Morgan fingerprint density at radius 3 is 2.35 bits per heavy atom. The summed E-state index contributed by atoms with van der Waals surface area (Å²) in [6.45, 7) is 6.17. The Morgan fingerprint density at radius 2 is 1.85 bits per heavy atom. The van der Waals surface area contributed by atoms with Gasteiger partial charge in [-0.05, 0) is 25.3 Å². The number of ether oxygens (including phenoxy) is 1. The van der Waals surface area contributed by atoms with Gasteiger partial charge in [0.2, 0.25) is 0 Å². The fourth-order valence-corrected chi connectivity index (χ4v) is 2.71. The molecule has 2 atom stereocenters. The summed E-state index contributed by atoms with van der Waals surface area (Å²) in [6, 6.07) is 9.47. The molecule has 0 spiro atoms. The summed E-state index contributed by atoms with van der Waals surface area (Å²) in [6.07, 6.45) is 2.83. The van der Waals surface area contributed by atoms with Crippen LogP contribution in [-0.4, -0.2) is 17.7 Å². The number of esters is 1. The molecule has 0 aliphatic heterocycles. The molecule has 3 nitrogen and oxygen atoms in total. The molecule has 0 fully saturated rings. The van der Waals surface area contributed by atoms with Crippen LogP contribution in [0.5, 0.6) is 0 Å². The summed E-state index contributed by atoms with van der Waals surface area (Å²) >= 11 is 0. The van der Waals surface area contributed by atoms with Crippen molar-refractivity contribution in [3.63, 3.8) is 0 Å². The summed E-state index contributed by atoms with van der Waals surface area (Å²) in [5.74, 6) is -0.802. The zero-order valence-corrected chi connectivity index (χ0v) is 12.8. The van der Waals surface area contributed by atoms with Crippen molar-refractivity contribution in [2.45, 2.75) is 52.1 Å². The summed E-state index contributed by atoms with van der Waals surface area (Å²) in [4.78, 5) is 12.2. The smallest absolute Gasteiger partial charge is 0.312 e. The molecular formula is C17H26O3. The maximum atomic E-state index is 12.2. The Morgan fingerprint density at radius 1 is 1.20 bits per heavy atom. The van der Waals surface area contributed by atoms with Crippen LogP contribution in [0.15, 0.2) is 30.3 Å². The summed E-state index contributed by atoms with van der Waals surface area (Å²) in [5.41, 5.74) is -0.341. The molecular weight excluding hydrogens is 252 g/mol. The van der Waals surface area contributed by atoms with Crippen molar-refractivity contribution in [2.24, 2.45) is 5.92 Å². The quantitative estimate of drug-likeness (QED) is 0.738. The zero-order chi connectivity index (χ0) is 15.0. The minimum absolute atomic E-state index is 0.297. The minimum atomic E-state index is -1.14. The van der Waals surface area contributed by atoms with Gasteiger partial charge in [-0.2, -0.15) is 0 Å². The van der Waals surface area contributed by atoms with E-state index in [1.54, 1.807) is 6.92 Å². The van der Waals surface area contributed by atoms with Crippen LogP contribution in [0.1, 0.15) is 52.0 Å². The van der Waals surface area contributed by atoms with Crippen molar-refractivity contribution in [3.8, 4) is 0 Å². The first-order valence-corrected chi connectivity index (χ1v) is 7.54. The Bertz CT molecular complexity index is 402. The number of carbonyl (C=O) groups is 1. The fourth-order valence-electron chi connectivity index (χ4n) is 2.71. The fraction of sp³-hybridized carbons (Fsp3) is 0.588. The maximum absolute atomic E-state index is 12.2. The van der Waals surface area contributed by atoms with Crippen molar-refractivity contribution < 1.29 is 14.6 Å². The average Bonchev–Trinajstić information content (AvgIpc) is 2.46. The van der Waals surface area contributed by atoms with Crippen LogP contribution >= 0.6 is 0 Å². The number of aliphatic hydroxyl groups is 1. The lowest BCUT2D eigenvalue weighted by Gasteiger charge is -2.35. The van der Waals surface area contributed by atoms with E-state index in [4.69, 9.17) is 4.74 Å². The maximum Gasteiger partial charge on any atom is 0.312 e. The van der Waals surface area contributed by atoms with Crippen LogP contribution in [0.4, 0.5) is 0 Å². The Hall–Kier alpha value is -1.35. The first-order valence-electron chi connectivity index (χ1n) is 7.54. The zero-order valence-electron chi connectivity index (χ0n) is 12.8. The van der Waals surface area contributed by atoms with Gasteiger partial charge < -0.3 is 9.84 Å². The van der Waals surface area contributed by atoms with Crippen molar-refractivity contribution in [1.82, 2.24) is 0 Å². The van der Waals surface area contributed by atoms with E-state index in [2.05, 4.69) is 0 Å². The standard InChI is InChI=1S/C17H26O3/c1-4-10-15(16(18)20-6-3)17(19,13-5-2)14-11-8-7-9-12-14/h7-9,11-12,15,19H,4-6,10,13H2,1-3H3. The second kappa shape index (κ2) is 8.05. The van der Waals surface area contributed by atoms with Gasteiger partial charge in [-0.3, -0.25) is 4.79 Å². The van der Waals surface area contributed by atoms with Crippen molar-refractivity contribution in [2.75, 3.05) is 6.61 Å². The van der Waals surface area contributed by atoms with Crippen LogP contribution in [0.3, 0.4) is 0 Å². The van der Waals surface area contributed by atoms with Crippen molar-refractivity contribution in [1.29, 1.82) is 0 Å². The Kier molecular flexibility index (Phi) is 6.73. The van der Waals surface area contributed by atoms with Gasteiger partial charge in [-0.1, -0.05) is 57.0 Å². The molecule has 2 unspecified atom stereocenters. The monoisotopic (exact) mass is 278 g/mol. The first-order chi connectivity index (χ1) is 9.60. The number of benzene rings is 1. The number of hydrogen-bond acceptors (Lipinski definition) is 3. The van der Waals surface area contributed by atoms with Gasteiger partial charge in [0.1, 0.15) is 5.60 Å². The second-order valence-electron chi connectivity index (χ2n) is 5.13. The molecule has 112 valence electrons.